The number of unbranched alkanes of at least 4 members (excludes halogenated alkanes) is 2. The van der Waals surface area contributed by atoms with Crippen molar-refractivity contribution in [2.75, 3.05) is 90.7 Å². The van der Waals surface area contributed by atoms with Gasteiger partial charge in [-0.3, -0.25) is 28.8 Å². The van der Waals surface area contributed by atoms with Gasteiger partial charge in [-0.15, -0.1) is 0 Å². The molecule has 0 radical (unpaired) electrons. The second kappa shape index (κ2) is 23.4. The van der Waals surface area contributed by atoms with Crippen molar-refractivity contribution in [1.29, 1.82) is 0 Å². The van der Waals surface area contributed by atoms with E-state index in [0.29, 0.717) is 18.7 Å². The number of phenols is 1. The Morgan fingerprint density at radius 2 is 1.30 bits per heavy atom. The number of carbonyl (C=O) groups is 5. The van der Waals surface area contributed by atoms with Gasteiger partial charge in [0.05, 0.1) is 46.2 Å². The summed E-state index contributed by atoms with van der Waals surface area (Å²) in [6.45, 7) is -1.15. The molecule has 2 aliphatic rings. The van der Waals surface area contributed by atoms with E-state index < -0.39 is 72.9 Å². The van der Waals surface area contributed by atoms with Crippen molar-refractivity contribution in [3.8, 4) is 39.7 Å². The molecule has 352 valence electrons. The molecule has 4 N–H and O–H groups in total. The van der Waals surface area contributed by atoms with Gasteiger partial charge in [0.25, 0.3) is 0 Å². The molecule has 0 aromatic heterocycles. The maximum Gasteiger partial charge on any atom is 0.325 e. The molecule has 1 heterocycles. The first-order valence-electron chi connectivity index (χ1n) is 20.6. The Morgan fingerprint density at radius 1 is 0.697 bits per heavy atom. The molecule has 18 nitrogen and oxygen atoms in total. The zero-order valence-electron chi connectivity index (χ0n) is 36.7. The highest BCUT2D eigenvalue weighted by molar-refractivity contribution is 6.03. The number of nitrogens with two attached hydrogens (primary N) is 1. The maximum atomic E-state index is 15.0. The van der Waals surface area contributed by atoms with Gasteiger partial charge in [0, 0.05) is 35.2 Å². The minimum absolute atomic E-state index is 0.0220. The fourth-order valence-electron chi connectivity index (χ4n) is 6.86. The molecule has 0 saturated carbocycles. The van der Waals surface area contributed by atoms with Crippen LogP contribution in [0.5, 0.6) is 17.2 Å². The minimum Gasteiger partial charge on any atom is -0.505 e. The number of phenolic OH excluding ortho intramolecular Hbond substituents is 1. The molecule has 3 aromatic carbocycles. The number of hydrogen-bond acceptors (Lipinski definition) is 17. The number of benzene rings is 4. The smallest absolute Gasteiger partial charge is 0.325 e. The summed E-state index contributed by atoms with van der Waals surface area (Å²) in [5.41, 5.74) is 5.97. The molecule has 0 bridgehead atoms. The third kappa shape index (κ3) is 12.8. The van der Waals surface area contributed by atoms with E-state index >= 15 is 0 Å². The van der Waals surface area contributed by atoms with Crippen molar-refractivity contribution in [2.45, 2.75) is 25.7 Å². The van der Waals surface area contributed by atoms with Crippen LogP contribution in [0.3, 0.4) is 0 Å². The molecule has 1 amide bonds. The zero-order valence-corrected chi connectivity index (χ0v) is 36.7. The van der Waals surface area contributed by atoms with Gasteiger partial charge in [-0.25, -0.2) is 8.78 Å². The van der Waals surface area contributed by atoms with Crippen molar-refractivity contribution in [2.24, 2.45) is 5.73 Å². The number of carbonyl (C=O) groups excluding carboxylic acids is 5. The lowest BCUT2D eigenvalue weighted by molar-refractivity contribution is -0.141. The van der Waals surface area contributed by atoms with Crippen LogP contribution in [0.25, 0.3) is 33.4 Å². The fourth-order valence-corrected chi connectivity index (χ4v) is 6.86. The van der Waals surface area contributed by atoms with Crippen LogP contribution in [0.1, 0.15) is 24.8 Å². The van der Waals surface area contributed by atoms with Crippen molar-refractivity contribution in [3.05, 3.63) is 88.1 Å². The number of hydrogen-bond donors (Lipinski definition) is 3. The van der Waals surface area contributed by atoms with Gasteiger partial charge in [-0.1, -0.05) is 18.6 Å². The lowest BCUT2D eigenvalue weighted by atomic mass is 9.93. The van der Waals surface area contributed by atoms with E-state index in [1.807, 2.05) is 0 Å². The Bertz CT molecular complexity index is 2550. The molecule has 0 atom stereocenters. The average Bonchev–Trinajstić information content (AvgIpc) is 3.30. The Kier molecular flexibility index (Phi) is 17.6. The largest absolute Gasteiger partial charge is 0.505 e. The highest BCUT2D eigenvalue weighted by atomic mass is 19.1. The third-order valence-electron chi connectivity index (χ3n) is 10.2. The van der Waals surface area contributed by atoms with E-state index in [1.54, 1.807) is 18.2 Å². The van der Waals surface area contributed by atoms with Gasteiger partial charge in [-0.2, -0.15) is 0 Å². The van der Waals surface area contributed by atoms with Crippen molar-refractivity contribution in [3.63, 3.8) is 0 Å². The first-order chi connectivity index (χ1) is 31.7. The predicted molar refractivity (Wildman–Crippen MR) is 236 cm³/mol. The molecule has 1 aliphatic heterocycles. The van der Waals surface area contributed by atoms with E-state index in [0.717, 1.165) is 57.7 Å². The van der Waals surface area contributed by atoms with Crippen LogP contribution in [-0.2, 0) is 49.3 Å². The Morgan fingerprint density at radius 3 is 1.91 bits per heavy atom. The van der Waals surface area contributed by atoms with Crippen LogP contribution in [0.15, 0.2) is 69.9 Å². The van der Waals surface area contributed by atoms with Crippen LogP contribution in [0.2, 0.25) is 0 Å². The molecule has 0 spiro atoms. The maximum absolute atomic E-state index is 15.0. The number of ether oxygens (including phenoxy) is 6. The van der Waals surface area contributed by atoms with E-state index in [4.69, 9.17) is 38.6 Å². The zero-order chi connectivity index (χ0) is 47.9. The van der Waals surface area contributed by atoms with Gasteiger partial charge in [0.15, 0.2) is 17.4 Å². The molecule has 0 unspecified atom stereocenters. The molecule has 3 aromatic rings. The van der Waals surface area contributed by atoms with Crippen LogP contribution in [0.4, 0.5) is 20.2 Å². The fraction of sp³-hybridized carbons (Fsp3) is 0.348. The number of esters is 4. The number of halogens is 2. The summed E-state index contributed by atoms with van der Waals surface area (Å²) >= 11 is 0. The van der Waals surface area contributed by atoms with Gasteiger partial charge >= 0.3 is 23.9 Å². The third-order valence-corrected chi connectivity index (χ3v) is 10.2. The summed E-state index contributed by atoms with van der Waals surface area (Å²) in [7, 11) is 4.69. The quantitative estimate of drug-likeness (QED) is 0.0362. The Labute approximate surface area is 377 Å². The number of rotatable bonds is 23. The highest BCUT2D eigenvalue weighted by Gasteiger charge is 2.26. The Balaban J connectivity index is 1.55. The van der Waals surface area contributed by atoms with Crippen LogP contribution >= 0.6 is 0 Å². The summed E-state index contributed by atoms with van der Waals surface area (Å²) in [6, 6.07) is 13.1. The number of fused-ring (bicyclic) bond motifs is 2. The molecule has 0 fully saturated rings. The second-order valence-electron chi connectivity index (χ2n) is 14.6. The molecule has 0 saturated heterocycles. The minimum atomic E-state index is -1.12. The van der Waals surface area contributed by atoms with Gasteiger partial charge in [-0.05, 0) is 66.9 Å². The molecule has 66 heavy (non-hydrogen) atoms. The second-order valence-corrected chi connectivity index (χ2v) is 14.6. The first kappa shape index (κ1) is 49.5. The summed E-state index contributed by atoms with van der Waals surface area (Å²) < 4.78 is 67.7. The summed E-state index contributed by atoms with van der Waals surface area (Å²) in [4.78, 5) is 78.3. The van der Waals surface area contributed by atoms with Crippen molar-refractivity contribution >= 4 is 52.1 Å². The van der Waals surface area contributed by atoms with Crippen LogP contribution in [-0.4, -0.2) is 116 Å². The van der Waals surface area contributed by atoms with E-state index in [1.165, 1.54) is 42.2 Å². The molecule has 20 heteroatoms. The monoisotopic (exact) mass is 920 g/mol. The SMILES string of the molecule is COC(=O)CN(CC(=O)OC)c1ccc(-c2c3cc(F)c(=O)cc-3oc3cc(O)c(F)cc23)cc1OCCOc1ccc(CC(=O)NCCCCCN)cc1N(CC(=O)OC)CC(=O)OC. The number of anilines is 2. The van der Waals surface area contributed by atoms with E-state index in [-0.39, 0.29) is 81.8 Å². The van der Waals surface area contributed by atoms with E-state index in [9.17, 15) is 42.7 Å². The number of nitrogens with zero attached hydrogens (tertiary/aromatic N) is 2. The summed E-state index contributed by atoms with van der Waals surface area (Å²) in [6.07, 6.45) is 2.40. The Hall–Kier alpha value is -7.48. The standard InChI is InChI=1S/C46H50F2N4O14/c1-60-42(56)23-51(24-43(57)61-2)33-10-9-28(46-29-19-31(47)35(53)21-38(29)66-39-22-36(54)32(48)20-30(39)46)18-40(33)65-15-14-64-37-11-8-27(17-41(55)50-13-7-5-6-12-49)16-34(37)52(25-44(58)62-3)26-45(59)63-4/h8-11,16,18-22,53H,5-7,12-15,17,23-26,49H2,1-4H3,(H,50,55). The lowest BCUT2D eigenvalue weighted by Gasteiger charge is -2.26. The van der Waals surface area contributed by atoms with Crippen LogP contribution < -0.4 is 35.8 Å². The number of methoxy groups -OCH3 is 4. The van der Waals surface area contributed by atoms with E-state index in [2.05, 4.69) is 5.32 Å². The lowest BCUT2D eigenvalue weighted by Crippen LogP contribution is -2.36. The number of aromatic hydroxyl groups is 1. The summed E-state index contributed by atoms with van der Waals surface area (Å²) in [5.74, 6) is -5.86. The molecule has 1 aliphatic carbocycles. The van der Waals surface area contributed by atoms with Gasteiger partial charge in [0.1, 0.15) is 62.2 Å². The molecular formula is C46H50F2N4O14. The molecular weight excluding hydrogens is 871 g/mol. The average molecular weight is 921 g/mol. The number of nitrogens with one attached hydrogen (secondary N) is 1. The molecule has 5 rings (SSSR count). The predicted octanol–water partition coefficient (Wildman–Crippen LogP) is 4.10. The van der Waals surface area contributed by atoms with Crippen molar-refractivity contribution in [1.82, 2.24) is 5.32 Å². The van der Waals surface area contributed by atoms with Crippen molar-refractivity contribution < 1.29 is 70.7 Å². The normalized spacial score (nSPS) is 10.9. The van der Waals surface area contributed by atoms with Gasteiger partial charge in [0.2, 0.25) is 11.3 Å². The van der Waals surface area contributed by atoms with Crippen LogP contribution in [0, 0.1) is 11.6 Å². The first-order valence-corrected chi connectivity index (χ1v) is 20.6. The highest BCUT2D eigenvalue weighted by Crippen LogP contribution is 2.44. The number of amides is 1. The summed E-state index contributed by atoms with van der Waals surface area (Å²) in [5, 5.41) is 13.1. The topological polar surface area (TPSA) is 236 Å². The van der Waals surface area contributed by atoms with Gasteiger partial charge < -0.3 is 58.8 Å².